The van der Waals surface area contributed by atoms with Gasteiger partial charge in [-0.3, -0.25) is 4.79 Å². The number of hydrogen-bond donors (Lipinski definition) is 2. The molecule has 3 N–H and O–H groups in total. The molecule has 1 aromatic heterocycles. The highest BCUT2D eigenvalue weighted by molar-refractivity contribution is 5.79. The van der Waals surface area contributed by atoms with Crippen LogP contribution in [0.25, 0.3) is 0 Å². The summed E-state index contributed by atoms with van der Waals surface area (Å²) < 4.78 is 41.1. The topological polar surface area (TPSA) is 111 Å². The van der Waals surface area contributed by atoms with E-state index < -0.39 is 12.0 Å². The molecule has 2 fully saturated rings. The van der Waals surface area contributed by atoms with Gasteiger partial charge in [-0.2, -0.15) is 18.4 Å². The number of nitrogens with zero attached hydrogens (tertiary/aromatic N) is 5. The number of rotatable bonds is 8. The summed E-state index contributed by atoms with van der Waals surface area (Å²) in [6.07, 6.45) is -0.0441. The number of alkyl halides is 3. The van der Waals surface area contributed by atoms with Crippen LogP contribution in [0.3, 0.4) is 0 Å². The largest absolute Gasteiger partial charge is 0.451 e. The van der Waals surface area contributed by atoms with Crippen molar-refractivity contribution in [2.24, 2.45) is 17.6 Å². The lowest BCUT2D eigenvalue weighted by molar-refractivity contribution is -0.144. The van der Waals surface area contributed by atoms with Gasteiger partial charge in [0.25, 0.3) is 0 Å². The highest BCUT2D eigenvalue weighted by atomic mass is 19.4. The Morgan fingerprint density at radius 1 is 1.08 bits per heavy atom. The fourth-order valence-corrected chi connectivity index (χ4v) is 5.18. The lowest BCUT2D eigenvalue weighted by Crippen LogP contribution is -2.44. The third-order valence-corrected chi connectivity index (χ3v) is 7.38. The molecule has 3 heterocycles. The first-order valence-corrected chi connectivity index (χ1v) is 13.2. The van der Waals surface area contributed by atoms with Crippen LogP contribution in [0.2, 0.25) is 0 Å². The standard InChI is InChI=1S/C27H34F3N7O/c28-27(29,30)26-34-23(36-14-9-20(7-11-31)10-15-36)16-24(35-26)37-13-1-2-22(18-37)25(38)33-12-8-19-3-5-21(17-32)6-4-19/h3-6,16,20,22H,1-2,7-15,18,31H2,(H,33,38). The second kappa shape index (κ2) is 12.4. The van der Waals surface area contributed by atoms with Gasteiger partial charge in [0.05, 0.1) is 17.6 Å². The third-order valence-electron chi connectivity index (χ3n) is 7.38. The second-order valence-corrected chi connectivity index (χ2v) is 10.0. The van der Waals surface area contributed by atoms with Gasteiger partial charge in [-0.15, -0.1) is 0 Å². The van der Waals surface area contributed by atoms with E-state index in [1.54, 1.807) is 23.1 Å². The van der Waals surface area contributed by atoms with Gasteiger partial charge in [0.15, 0.2) is 0 Å². The molecule has 0 radical (unpaired) electrons. The van der Waals surface area contributed by atoms with E-state index in [4.69, 9.17) is 11.0 Å². The molecule has 0 saturated carbocycles. The number of aromatic nitrogens is 2. The van der Waals surface area contributed by atoms with Crippen molar-refractivity contribution < 1.29 is 18.0 Å². The molecule has 0 aliphatic carbocycles. The van der Waals surface area contributed by atoms with Gasteiger partial charge in [-0.05, 0) is 68.7 Å². The highest BCUT2D eigenvalue weighted by Crippen LogP contribution is 2.33. The molecule has 1 aromatic carbocycles. The van der Waals surface area contributed by atoms with E-state index in [1.807, 2.05) is 17.0 Å². The zero-order valence-electron chi connectivity index (χ0n) is 21.4. The maximum absolute atomic E-state index is 13.7. The van der Waals surface area contributed by atoms with E-state index >= 15 is 0 Å². The summed E-state index contributed by atoms with van der Waals surface area (Å²) in [5.74, 6) is -0.634. The van der Waals surface area contributed by atoms with E-state index in [2.05, 4.69) is 21.4 Å². The van der Waals surface area contributed by atoms with Crippen molar-refractivity contribution in [3.63, 3.8) is 0 Å². The Balaban J connectivity index is 1.41. The Labute approximate surface area is 221 Å². The first-order valence-electron chi connectivity index (χ1n) is 13.2. The Hall–Kier alpha value is -3.39. The average Bonchev–Trinajstić information content (AvgIpc) is 2.93. The van der Waals surface area contributed by atoms with Crippen molar-refractivity contribution in [1.82, 2.24) is 15.3 Å². The molecule has 4 rings (SSSR count). The van der Waals surface area contributed by atoms with Gasteiger partial charge in [0, 0.05) is 38.8 Å². The SMILES string of the molecule is N#Cc1ccc(CCNC(=O)C2CCCN(c3cc(N4CCC(CCN)CC4)nc(C(F)(F)F)n3)C2)cc1. The zero-order chi connectivity index (χ0) is 27.1. The summed E-state index contributed by atoms with van der Waals surface area (Å²) in [7, 11) is 0. The number of benzene rings is 1. The van der Waals surface area contributed by atoms with Crippen molar-refractivity contribution in [3.05, 3.63) is 47.3 Å². The number of carbonyl (C=O) groups is 1. The summed E-state index contributed by atoms with van der Waals surface area (Å²) in [6, 6.07) is 10.9. The number of piperidine rings is 2. The van der Waals surface area contributed by atoms with Crippen LogP contribution < -0.4 is 20.9 Å². The summed E-state index contributed by atoms with van der Waals surface area (Å²) in [6.45, 7) is 3.14. The zero-order valence-corrected chi connectivity index (χ0v) is 21.4. The molecule has 2 aliphatic rings. The number of nitrogens with two attached hydrogens (primary N) is 1. The predicted molar refractivity (Wildman–Crippen MR) is 138 cm³/mol. The van der Waals surface area contributed by atoms with E-state index in [9.17, 15) is 18.0 Å². The van der Waals surface area contributed by atoms with Gasteiger partial charge < -0.3 is 20.9 Å². The van der Waals surface area contributed by atoms with Crippen LogP contribution in [-0.2, 0) is 17.4 Å². The second-order valence-electron chi connectivity index (χ2n) is 10.0. The number of anilines is 2. The number of hydrogen-bond acceptors (Lipinski definition) is 7. The van der Waals surface area contributed by atoms with Gasteiger partial charge >= 0.3 is 6.18 Å². The van der Waals surface area contributed by atoms with Gasteiger partial charge in [-0.1, -0.05) is 12.1 Å². The van der Waals surface area contributed by atoms with Crippen LogP contribution in [0.1, 0.15) is 49.1 Å². The molecule has 11 heteroatoms. The quantitative estimate of drug-likeness (QED) is 0.538. The maximum atomic E-state index is 13.7. The van der Waals surface area contributed by atoms with Crippen LogP contribution >= 0.6 is 0 Å². The van der Waals surface area contributed by atoms with Gasteiger partial charge in [-0.25, -0.2) is 9.97 Å². The first kappa shape index (κ1) is 27.6. The smallest absolute Gasteiger partial charge is 0.356 e. The molecule has 2 saturated heterocycles. The van der Waals surface area contributed by atoms with Crippen LogP contribution in [0.5, 0.6) is 0 Å². The van der Waals surface area contributed by atoms with Crippen molar-refractivity contribution in [2.75, 3.05) is 49.1 Å². The van der Waals surface area contributed by atoms with Gasteiger partial charge in [0.1, 0.15) is 11.6 Å². The Bertz CT molecular complexity index is 1120. The van der Waals surface area contributed by atoms with Crippen molar-refractivity contribution in [3.8, 4) is 6.07 Å². The summed E-state index contributed by atoms with van der Waals surface area (Å²) in [5, 5.41) is 11.9. The Morgan fingerprint density at radius 3 is 2.39 bits per heavy atom. The Morgan fingerprint density at radius 2 is 1.76 bits per heavy atom. The normalized spacial score (nSPS) is 18.8. The summed E-state index contributed by atoms with van der Waals surface area (Å²) in [5.41, 5.74) is 7.26. The molecular weight excluding hydrogens is 495 g/mol. The fourth-order valence-electron chi connectivity index (χ4n) is 5.18. The fraction of sp³-hybridized carbons (Fsp3) is 0.556. The number of carbonyl (C=O) groups excluding carboxylic acids is 1. The van der Waals surface area contributed by atoms with Crippen LogP contribution in [0.15, 0.2) is 30.3 Å². The Kier molecular flexibility index (Phi) is 9.05. The molecule has 204 valence electrons. The molecule has 1 unspecified atom stereocenters. The van der Waals surface area contributed by atoms with E-state index in [0.717, 1.165) is 24.8 Å². The molecule has 38 heavy (non-hydrogen) atoms. The average molecular weight is 530 g/mol. The van der Waals surface area contributed by atoms with Crippen molar-refractivity contribution in [2.45, 2.75) is 44.7 Å². The number of nitriles is 1. The van der Waals surface area contributed by atoms with Gasteiger partial charge in [0.2, 0.25) is 11.7 Å². The summed E-state index contributed by atoms with van der Waals surface area (Å²) >= 11 is 0. The van der Waals surface area contributed by atoms with E-state index in [1.165, 1.54) is 0 Å². The molecular formula is C27H34F3N7O. The number of nitrogens with one attached hydrogen (secondary N) is 1. The molecule has 0 spiro atoms. The maximum Gasteiger partial charge on any atom is 0.451 e. The number of amides is 1. The molecule has 2 aliphatic heterocycles. The van der Waals surface area contributed by atoms with Crippen molar-refractivity contribution in [1.29, 1.82) is 5.26 Å². The predicted octanol–water partition coefficient (Wildman–Crippen LogP) is 3.51. The lowest BCUT2D eigenvalue weighted by Gasteiger charge is -2.35. The highest BCUT2D eigenvalue weighted by Gasteiger charge is 2.37. The first-order chi connectivity index (χ1) is 18.3. The van der Waals surface area contributed by atoms with Crippen LogP contribution in [0.4, 0.5) is 24.8 Å². The van der Waals surface area contributed by atoms with Crippen LogP contribution in [0, 0.1) is 23.2 Å². The van der Waals surface area contributed by atoms with E-state index in [-0.39, 0.29) is 23.5 Å². The summed E-state index contributed by atoms with van der Waals surface area (Å²) in [4.78, 5) is 24.3. The monoisotopic (exact) mass is 529 g/mol. The van der Waals surface area contributed by atoms with E-state index in [0.29, 0.717) is 70.0 Å². The molecule has 2 aromatic rings. The molecule has 1 atom stereocenters. The van der Waals surface area contributed by atoms with Crippen LogP contribution in [-0.4, -0.2) is 55.1 Å². The molecule has 0 bridgehead atoms. The lowest BCUT2D eigenvalue weighted by atomic mass is 9.93. The third kappa shape index (κ3) is 7.13. The van der Waals surface area contributed by atoms with Crippen molar-refractivity contribution >= 4 is 17.5 Å². The minimum Gasteiger partial charge on any atom is -0.356 e. The molecule has 8 nitrogen and oxygen atoms in total. The minimum atomic E-state index is -4.67. The number of halogens is 3. The minimum absolute atomic E-state index is 0.115. The molecule has 1 amide bonds.